The molecule has 0 aliphatic heterocycles. The zero-order valence-electron chi connectivity index (χ0n) is 13.4. The van der Waals surface area contributed by atoms with E-state index in [4.69, 9.17) is 9.84 Å². The number of hydrogen-bond acceptors (Lipinski definition) is 8. The fourth-order valence-corrected chi connectivity index (χ4v) is 4.06. The largest absolute Gasteiger partial charge is 0.477 e. The Labute approximate surface area is 155 Å². The van der Waals surface area contributed by atoms with Crippen LogP contribution in [0.3, 0.4) is 0 Å². The van der Waals surface area contributed by atoms with Gasteiger partial charge in [0, 0.05) is 11.0 Å². The molecule has 132 valence electrons. The van der Waals surface area contributed by atoms with Crippen molar-refractivity contribution in [1.29, 1.82) is 0 Å². The number of hydrogen-bond donors (Lipinski definition) is 2. The van der Waals surface area contributed by atoms with E-state index < -0.39 is 6.09 Å². The van der Waals surface area contributed by atoms with Crippen LogP contribution in [0.2, 0.25) is 0 Å². The number of rotatable bonds is 5. The van der Waals surface area contributed by atoms with Crippen LogP contribution in [-0.2, 0) is 0 Å². The van der Waals surface area contributed by atoms with Crippen molar-refractivity contribution < 1.29 is 14.6 Å². The zero-order chi connectivity index (χ0) is 18.1. The molecule has 0 fully saturated rings. The number of carbonyl (C=O) groups is 1. The fraction of sp³-hybridized carbons (Fsp3) is 0.133. The SMILES string of the molecule is CCOc1ccc2nnc(Sc3ccc4nc(NC(=O)O)sc4c3)n2n1. The molecule has 0 aliphatic rings. The van der Waals surface area contributed by atoms with Crippen molar-refractivity contribution in [2.45, 2.75) is 17.0 Å². The number of nitrogens with one attached hydrogen (secondary N) is 1. The molecular weight excluding hydrogens is 376 g/mol. The first kappa shape index (κ1) is 16.5. The van der Waals surface area contributed by atoms with Crippen molar-refractivity contribution in [3.63, 3.8) is 0 Å². The average molecular weight is 388 g/mol. The second kappa shape index (κ2) is 6.77. The smallest absolute Gasteiger partial charge is 0.410 e. The molecule has 2 N–H and O–H groups in total. The topological polar surface area (TPSA) is 115 Å². The molecule has 9 nitrogen and oxygen atoms in total. The number of aromatic nitrogens is 5. The maximum atomic E-state index is 10.7. The normalized spacial score (nSPS) is 11.1. The molecule has 11 heteroatoms. The maximum Gasteiger partial charge on any atom is 0.410 e. The molecule has 3 aromatic heterocycles. The molecular formula is C15H12N6O3S2. The summed E-state index contributed by atoms with van der Waals surface area (Å²) in [5, 5.41) is 24.7. The van der Waals surface area contributed by atoms with E-state index in [0.717, 1.165) is 15.1 Å². The van der Waals surface area contributed by atoms with Crippen LogP contribution in [0, 0.1) is 0 Å². The third kappa shape index (κ3) is 3.26. The molecule has 1 amide bonds. The minimum absolute atomic E-state index is 0.339. The number of thiazole rings is 1. The van der Waals surface area contributed by atoms with E-state index in [2.05, 4.69) is 25.6 Å². The highest BCUT2D eigenvalue weighted by atomic mass is 32.2. The molecule has 4 rings (SSSR count). The van der Waals surface area contributed by atoms with Gasteiger partial charge in [-0.1, -0.05) is 11.3 Å². The van der Waals surface area contributed by atoms with Gasteiger partial charge in [0.1, 0.15) is 0 Å². The van der Waals surface area contributed by atoms with E-state index in [0.29, 0.717) is 28.4 Å². The molecule has 0 saturated heterocycles. The highest BCUT2D eigenvalue weighted by molar-refractivity contribution is 7.99. The highest BCUT2D eigenvalue weighted by Crippen LogP contribution is 2.33. The number of carboxylic acid groups (broad SMARTS) is 1. The number of benzene rings is 1. The van der Waals surface area contributed by atoms with Gasteiger partial charge in [-0.2, -0.15) is 4.52 Å². The third-order valence-corrected chi connectivity index (χ3v) is 5.15. The summed E-state index contributed by atoms with van der Waals surface area (Å²) in [5.41, 5.74) is 1.36. The highest BCUT2D eigenvalue weighted by Gasteiger charge is 2.12. The number of fused-ring (bicyclic) bond motifs is 2. The fourth-order valence-electron chi connectivity index (χ4n) is 2.26. The van der Waals surface area contributed by atoms with Crippen LogP contribution in [-0.4, -0.2) is 42.6 Å². The van der Waals surface area contributed by atoms with Crippen LogP contribution in [0.15, 0.2) is 40.4 Å². The Kier molecular flexibility index (Phi) is 4.31. The standard InChI is InChI=1S/C15H12N6O3S2/c1-2-24-12-6-5-11-18-19-14(21(11)20-12)25-8-3-4-9-10(7-8)26-13(16-9)17-15(22)23/h3-7H,2H2,1H3,(H,16,17)(H,22,23). The van der Waals surface area contributed by atoms with Gasteiger partial charge in [0.2, 0.25) is 11.0 Å². The predicted octanol–water partition coefficient (Wildman–Crippen LogP) is 3.37. The van der Waals surface area contributed by atoms with Gasteiger partial charge in [-0.05, 0) is 43.0 Å². The van der Waals surface area contributed by atoms with E-state index in [1.807, 2.05) is 25.1 Å². The van der Waals surface area contributed by atoms with E-state index in [9.17, 15) is 4.79 Å². The lowest BCUT2D eigenvalue weighted by Crippen LogP contribution is -2.06. The van der Waals surface area contributed by atoms with Gasteiger partial charge in [-0.15, -0.1) is 15.3 Å². The van der Waals surface area contributed by atoms with Gasteiger partial charge < -0.3 is 9.84 Å². The van der Waals surface area contributed by atoms with Gasteiger partial charge in [0.05, 0.1) is 16.8 Å². The summed E-state index contributed by atoms with van der Waals surface area (Å²) in [5.74, 6) is 0.504. The van der Waals surface area contributed by atoms with Crippen molar-refractivity contribution in [3.05, 3.63) is 30.3 Å². The van der Waals surface area contributed by atoms with Crippen LogP contribution in [0.4, 0.5) is 9.93 Å². The van der Waals surface area contributed by atoms with E-state index in [-0.39, 0.29) is 0 Å². The molecule has 0 saturated carbocycles. The number of ether oxygens (including phenoxy) is 1. The lowest BCUT2D eigenvalue weighted by atomic mass is 10.3. The monoisotopic (exact) mass is 388 g/mol. The molecule has 0 bridgehead atoms. The summed E-state index contributed by atoms with van der Waals surface area (Å²) in [7, 11) is 0. The average Bonchev–Trinajstić information content (AvgIpc) is 3.18. The number of nitrogens with zero attached hydrogens (tertiary/aromatic N) is 5. The first-order valence-corrected chi connectivity index (χ1v) is 9.19. The van der Waals surface area contributed by atoms with Gasteiger partial charge in [-0.25, -0.2) is 9.78 Å². The van der Waals surface area contributed by atoms with Crippen LogP contribution in [0.1, 0.15) is 6.92 Å². The number of amides is 1. The third-order valence-electron chi connectivity index (χ3n) is 3.28. The molecule has 0 atom stereocenters. The van der Waals surface area contributed by atoms with Crippen molar-refractivity contribution in [3.8, 4) is 5.88 Å². The lowest BCUT2D eigenvalue weighted by Gasteiger charge is -2.03. The molecule has 4 aromatic rings. The Balaban J connectivity index is 1.65. The second-order valence-corrected chi connectivity index (χ2v) is 7.11. The van der Waals surface area contributed by atoms with Gasteiger partial charge in [0.25, 0.3) is 0 Å². The van der Waals surface area contributed by atoms with Crippen LogP contribution < -0.4 is 10.1 Å². The van der Waals surface area contributed by atoms with E-state index in [1.54, 1.807) is 16.6 Å². The molecule has 26 heavy (non-hydrogen) atoms. The summed E-state index contributed by atoms with van der Waals surface area (Å²) < 4.78 is 7.92. The van der Waals surface area contributed by atoms with Gasteiger partial charge in [0.15, 0.2) is 10.8 Å². The minimum Gasteiger partial charge on any atom is -0.477 e. The first-order chi connectivity index (χ1) is 12.6. The van der Waals surface area contributed by atoms with Crippen molar-refractivity contribution >= 4 is 50.2 Å². The summed E-state index contributed by atoms with van der Waals surface area (Å²) >= 11 is 2.67. The first-order valence-electron chi connectivity index (χ1n) is 7.56. The Morgan fingerprint density at radius 2 is 2.23 bits per heavy atom. The van der Waals surface area contributed by atoms with E-state index >= 15 is 0 Å². The Hall–Kier alpha value is -2.92. The predicted molar refractivity (Wildman–Crippen MR) is 97.3 cm³/mol. The molecule has 0 spiro atoms. The number of anilines is 1. The zero-order valence-corrected chi connectivity index (χ0v) is 15.0. The Morgan fingerprint density at radius 1 is 1.35 bits per heavy atom. The van der Waals surface area contributed by atoms with Crippen LogP contribution in [0.25, 0.3) is 15.9 Å². The molecule has 0 unspecified atom stereocenters. The Bertz CT molecular complexity index is 1110. The quantitative estimate of drug-likeness (QED) is 0.535. The van der Waals surface area contributed by atoms with Crippen molar-refractivity contribution in [2.24, 2.45) is 0 Å². The van der Waals surface area contributed by atoms with Gasteiger partial charge >= 0.3 is 6.09 Å². The summed E-state index contributed by atoms with van der Waals surface area (Å²) in [6.45, 7) is 2.42. The molecule has 1 aromatic carbocycles. The summed E-state index contributed by atoms with van der Waals surface area (Å²) in [6.07, 6.45) is -1.13. The maximum absolute atomic E-state index is 10.7. The molecule has 0 aliphatic carbocycles. The second-order valence-electron chi connectivity index (χ2n) is 5.04. The minimum atomic E-state index is -1.13. The summed E-state index contributed by atoms with van der Waals surface area (Å²) in [6, 6.07) is 9.21. The van der Waals surface area contributed by atoms with Crippen LogP contribution in [0.5, 0.6) is 5.88 Å². The van der Waals surface area contributed by atoms with Gasteiger partial charge in [-0.3, -0.25) is 5.32 Å². The van der Waals surface area contributed by atoms with Crippen LogP contribution >= 0.6 is 23.1 Å². The lowest BCUT2D eigenvalue weighted by molar-refractivity contribution is 0.209. The molecule has 3 heterocycles. The summed E-state index contributed by atoms with van der Waals surface area (Å²) in [4.78, 5) is 15.9. The molecule has 0 radical (unpaired) electrons. The van der Waals surface area contributed by atoms with Crippen molar-refractivity contribution in [2.75, 3.05) is 11.9 Å². The van der Waals surface area contributed by atoms with Crippen molar-refractivity contribution in [1.82, 2.24) is 24.8 Å². The Morgan fingerprint density at radius 3 is 3.04 bits per heavy atom. The van der Waals surface area contributed by atoms with E-state index in [1.165, 1.54) is 23.1 Å².